The first-order valence-corrected chi connectivity index (χ1v) is 8.70. The van der Waals surface area contributed by atoms with Crippen molar-refractivity contribution in [3.63, 3.8) is 0 Å². The van der Waals surface area contributed by atoms with Crippen LogP contribution in [0.2, 0.25) is 0 Å². The van der Waals surface area contributed by atoms with Crippen LogP contribution in [0.5, 0.6) is 0 Å². The van der Waals surface area contributed by atoms with Crippen molar-refractivity contribution in [2.45, 2.75) is 38.0 Å². The second kappa shape index (κ2) is 8.07. The number of furan rings is 1. The number of benzene rings is 1. The second-order valence-electron chi connectivity index (χ2n) is 6.55. The van der Waals surface area contributed by atoms with E-state index in [1.807, 2.05) is 25.1 Å². The summed E-state index contributed by atoms with van der Waals surface area (Å²) in [5.74, 6) is 0.517. The van der Waals surface area contributed by atoms with Crippen LogP contribution < -0.4 is 15.5 Å². The highest BCUT2D eigenvalue weighted by atomic mass is 16.4. The zero-order chi connectivity index (χ0) is 17.6. The Bertz CT molecular complexity index is 660. The Morgan fingerprint density at radius 3 is 2.84 bits per heavy atom. The van der Waals surface area contributed by atoms with E-state index in [1.54, 1.807) is 12.1 Å². The summed E-state index contributed by atoms with van der Waals surface area (Å²) in [7, 11) is 0. The fraction of sp³-hybridized carbons (Fsp3) is 0.421. The van der Waals surface area contributed by atoms with E-state index >= 15 is 0 Å². The molecule has 2 aromatic rings. The van der Waals surface area contributed by atoms with Gasteiger partial charge in [-0.25, -0.2) is 4.79 Å². The van der Waals surface area contributed by atoms with Gasteiger partial charge in [0.05, 0.1) is 6.26 Å². The lowest BCUT2D eigenvalue weighted by atomic mass is 10.1. The number of nitrogens with one attached hydrogen (secondary N) is 2. The molecule has 25 heavy (non-hydrogen) atoms. The molecule has 1 aliphatic rings. The van der Waals surface area contributed by atoms with Gasteiger partial charge >= 0.3 is 6.03 Å². The minimum atomic E-state index is -0.717. The second-order valence-corrected chi connectivity index (χ2v) is 6.55. The average Bonchev–Trinajstić information content (AvgIpc) is 3.27. The van der Waals surface area contributed by atoms with Crippen molar-refractivity contribution in [2.24, 2.45) is 0 Å². The van der Waals surface area contributed by atoms with Crippen LogP contribution in [0.4, 0.5) is 10.5 Å². The fourth-order valence-corrected chi connectivity index (χ4v) is 3.19. The minimum Gasteiger partial charge on any atom is -0.467 e. The van der Waals surface area contributed by atoms with Gasteiger partial charge in [-0.2, -0.15) is 0 Å². The zero-order valence-electron chi connectivity index (χ0n) is 14.4. The number of aliphatic hydroxyl groups excluding tert-OH is 1. The highest BCUT2D eigenvalue weighted by molar-refractivity contribution is 5.74. The Morgan fingerprint density at radius 2 is 2.12 bits per heavy atom. The van der Waals surface area contributed by atoms with Crippen molar-refractivity contribution in [3.8, 4) is 0 Å². The predicted molar refractivity (Wildman–Crippen MR) is 96.5 cm³/mol. The van der Waals surface area contributed by atoms with Crippen LogP contribution >= 0.6 is 0 Å². The number of carbonyl (C=O) groups excluding carboxylic acids is 1. The van der Waals surface area contributed by atoms with Gasteiger partial charge in [0.25, 0.3) is 0 Å². The van der Waals surface area contributed by atoms with Crippen LogP contribution in [0.3, 0.4) is 0 Å². The van der Waals surface area contributed by atoms with Gasteiger partial charge < -0.3 is 25.1 Å². The Labute approximate surface area is 147 Å². The molecule has 2 heterocycles. The van der Waals surface area contributed by atoms with E-state index in [-0.39, 0.29) is 18.1 Å². The molecule has 0 radical (unpaired) electrons. The number of hydrogen-bond donors (Lipinski definition) is 3. The van der Waals surface area contributed by atoms with Crippen molar-refractivity contribution in [1.29, 1.82) is 0 Å². The molecule has 3 unspecified atom stereocenters. The minimum absolute atomic E-state index is 0.127. The molecule has 1 fully saturated rings. The van der Waals surface area contributed by atoms with Crippen LogP contribution in [0, 0.1) is 0 Å². The van der Waals surface area contributed by atoms with Gasteiger partial charge in [0, 0.05) is 37.3 Å². The summed E-state index contributed by atoms with van der Waals surface area (Å²) in [4.78, 5) is 14.4. The molecule has 1 saturated heterocycles. The third-order valence-corrected chi connectivity index (χ3v) is 4.47. The number of rotatable bonds is 6. The van der Waals surface area contributed by atoms with Crippen molar-refractivity contribution >= 4 is 11.7 Å². The first kappa shape index (κ1) is 17.4. The average molecular weight is 343 g/mol. The van der Waals surface area contributed by atoms with Gasteiger partial charge in [-0.05, 0) is 37.6 Å². The van der Waals surface area contributed by atoms with Crippen LogP contribution in [0.1, 0.15) is 31.6 Å². The molecule has 1 aromatic carbocycles. The smallest absolute Gasteiger partial charge is 0.315 e. The Morgan fingerprint density at radius 1 is 1.32 bits per heavy atom. The van der Waals surface area contributed by atoms with E-state index in [0.29, 0.717) is 12.2 Å². The van der Waals surface area contributed by atoms with Crippen molar-refractivity contribution < 1.29 is 14.3 Å². The van der Waals surface area contributed by atoms with Crippen LogP contribution in [0.15, 0.2) is 53.1 Å². The van der Waals surface area contributed by atoms with Gasteiger partial charge in [-0.3, -0.25) is 0 Å². The molecular weight excluding hydrogens is 318 g/mol. The Kier molecular flexibility index (Phi) is 5.60. The molecule has 1 aromatic heterocycles. The maximum atomic E-state index is 12.2. The number of urea groups is 1. The SMILES string of the molecule is CC(CC(O)c1ccco1)NC(=O)NC1CCN(c2ccccc2)C1. The van der Waals surface area contributed by atoms with E-state index in [2.05, 4.69) is 27.7 Å². The van der Waals surface area contributed by atoms with Crippen molar-refractivity contribution in [2.75, 3.05) is 18.0 Å². The summed E-state index contributed by atoms with van der Waals surface area (Å²) in [6.07, 6.45) is 2.14. The standard InChI is InChI=1S/C19H25N3O3/c1-14(12-17(23)18-8-5-11-25-18)20-19(24)21-15-9-10-22(13-15)16-6-3-2-4-7-16/h2-8,11,14-15,17,23H,9-10,12-13H2,1H3,(H2,20,21,24). The lowest BCUT2D eigenvalue weighted by Gasteiger charge is -2.21. The number of para-hydroxylation sites is 1. The first-order chi connectivity index (χ1) is 12.1. The van der Waals surface area contributed by atoms with Gasteiger partial charge in [0.15, 0.2) is 0 Å². The summed E-state index contributed by atoms with van der Waals surface area (Å²) in [6.45, 7) is 3.61. The first-order valence-electron chi connectivity index (χ1n) is 8.70. The van der Waals surface area contributed by atoms with E-state index in [1.165, 1.54) is 12.0 Å². The summed E-state index contributed by atoms with van der Waals surface area (Å²) < 4.78 is 5.18. The molecule has 6 nitrogen and oxygen atoms in total. The maximum Gasteiger partial charge on any atom is 0.315 e. The third-order valence-electron chi connectivity index (χ3n) is 4.47. The number of carbonyl (C=O) groups is 1. The van der Waals surface area contributed by atoms with E-state index in [9.17, 15) is 9.90 Å². The lowest BCUT2D eigenvalue weighted by Crippen LogP contribution is -2.46. The zero-order valence-corrected chi connectivity index (χ0v) is 14.4. The topological polar surface area (TPSA) is 77.7 Å². The van der Waals surface area contributed by atoms with E-state index < -0.39 is 6.10 Å². The summed E-state index contributed by atoms with van der Waals surface area (Å²) in [5.41, 5.74) is 1.18. The third kappa shape index (κ3) is 4.76. The van der Waals surface area contributed by atoms with Crippen molar-refractivity contribution in [1.82, 2.24) is 10.6 Å². The molecule has 6 heteroatoms. The van der Waals surface area contributed by atoms with Crippen LogP contribution in [-0.4, -0.2) is 36.3 Å². The van der Waals surface area contributed by atoms with E-state index in [0.717, 1.165) is 19.5 Å². The van der Waals surface area contributed by atoms with Gasteiger partial charge in [0.2, 0.25) is 0 Å². The molecule has 3 N–H and O–H groups in total. The molecule has 2 amide bonds. The number of hydrogen-bond acceptors (Lipinski definition) is 4. The van der Waals surface area contributed by atoms with Crippen LogP contribution in [-0.2, 0) is 0 Å². The summed E-state index contributed by atoms with van der Waals surface area (Å²) in [5, 5.41) is 16.0. The Hall–Kier alpha value is -2.47. The predicted octanol–water partition coefficient (Wildman–Crippen LogP) is 2.67. The normalized spacial score (nSPS) is 19.4. The largest absolute Gasteiger partial charge is 0.467 e. The molecular formula is C19H25N3O3. The molecule has 0 spiro atoms. The van der Waals surface area contributed by atoms with Gasteiger partial charge in [-0.1, -0.05) is 18.2 Å². The molecule has 0 aliphatic carbocycles. The van der Waals surface area contributed by atoms with Crippen molar-refractivity contribution in [3.05, 3.63) is 54.5 Å². The Balaban J connectivity index is 1.42. The van der Waals surface area contributed by atoms with Crippen LogP contribution in [0.25, 0.3) is 0 Å². The molecule has 134 valence electrons. The lowest BCUT2D eigenvalue weighted by molar-refractivity contribution is 0.129. The van der Waals surface area contributed by atoms with E-state index in [4.69, 9.17) is 4.42 Å². The summed E-state index contributed by atoms with van der Waals surface area (Å²) >= 11 is 0. The fourth-order valence-electron chi connectivity index (χ4n) is 3.19. The number of anilines is 1. The molecule has 3 atom stereocenters. The highest BCUT2D eigenvalue weighted by Gasteiger charge is 2.24. The molecule has 3 rings (SSSR count). The quantitative estimate of drug-likeness (QED) is 0.753. The number of nitrogens with zero attached hydrogens (tertiary/aromatic N) is 1. The number of amides is 2. The van der Waals surface area contributed by atoms with Gasteiger partial charge in [0.1, 0.15) is 11.9 Å². The number of aliphatic hydroxyl groups is 1. The summed E-state index contributed by atoms with van der Waals surface area (Å²) in [6, 6.07) is 13.5. The highest BCUT2D eigenvalue weighted by Crippen LogP contribution is 2.20. The maximum absolute atomic E-state index is 12.2. The molecule has 1 aliphatic heterocycles. The molecule has 0 saturated carbocycles. The van der Waals surface area contributed by atoms with Gasteiger partial charge in [-0.15, -0.1) is 0 Å². The molecule has 0 bridgehead atoms. The monoisotopic (exact) mass is 343 g/mol.